The van der Waals surface area contributed by atoms with Crippen LogP contribution in [-0.2, 0) is 16.6 Å². The number of likely N-dealkylation sites (tertiary alicyclic amines) is 1. The van der Waals surface area contributed by atoms with Crippen molar-refractivity contribution in [2.45, 2.75) is 108 Å². The predicted molar refractivity (Wildman–Crippen MR) is 212 cm³/mol. The smallest absolute Gasteiger partial charge is 0.264 e. The lowest BCUT2D eigenvalue weighted by atomic mass is 9.81. The van der Waals surface area contributed by atoms with Crippen LogP contribution in [0, 0.1) is 0 Å². The van der Waals surface area contributed by atoms with Crippen molar-refractivity contribution in [3.63, 3.8) is 0 Å². The van der Waals surface area contributed by atoms with Crippen LogP contribution in [0.3, 0.4) is 0 Å². The number of hydroxylamine groups is 3. The van der Waals surface area contributed by atoms with Gasteiger partial charge in [-0.25, -0.2) is 18.3 Å². The summed E-state index contributed by atoms with van der Waals surface area (Å²) in [6, 6.07) is 11.5. The first kappa shape index (κ1) is 37.5. The Labute approximate surface area is 323 Å². The predicted octanol–water partition coefficient (Wildman–Crippen LogP) is 6.99. The van der Waals surface area contributed by atoms with E-state index in [0.29, 0.717) is 36.9 Å². The molecule has 2 aromatic heterocycles. The van der Waals surface area contributed by atoms with Crippen LogP contribution >= 0.6 is 0 Å². The van der Waals surface area contributed by atoms with Gasteiger partial charge in [0.15, 0.2) is 0 Å². The number of piperazine rings is 1. The highest BCUT2D eigenvalue weighted by Crippen LogP contribution is 2.48. The standard InChI is InChI=1S/C42H52N6O6S/c1-25(2)47-39(36(21-43-47)42(50)46-31-13-14-32(46)24-48(5,51)23-31)30-18-29-19-33(54-6)15-17-34(29)40-38(27-10-8-7-9-11-27)35-16-12-28(20-37(35)45(40)22-30)41(49)44-55(52,53)26(3)4/h12,15-21,25-27,31-32,51H,7-11,13-14,22-24H2,1-6H3/p+1/t31-,32?,48?/m1/s1. The minimum Gasteiger partial charge on any atom is -0.497 e. The van der Waals surface area contributed by atoms with E-state index in [2.05, 4.69) is 35.3 Å². The fraction of sp³-hybridized carbons (Fsp3) is 0.500. The van der Waals surface area contributed by atoms with E-state index in [1.807, 2.05) is 40.9 Å². The molecule has 2 bridgehead atoms. The van der Waals surface area contributed by atoms with E-state index in [1.54, 1.807) is 33.2 Å². The van der Waals surface area contributed by atoms with Crippen LogP contribution in [0.1, 0.15) is 122 Å². The summed E-state index contributed by atoms with van der Waals surface area (Å²) in [5.41, 5.74) is 7.53. The number of methoxy groups -OCH3 is 1. The number of amides is 2. The first-order valence-electron chi connectivity index (χ1n) is 19.8. The molecule has 0 spiro atoms. The molecule has 2 unspecified atom stereocenters. The summed E-state index contributed by atoms with van der Waals surface area (Å²) in [6.45, 7) is 8.57. The molecule has 3 atom stereocenters. The van der Waals surface area contributed by atoms with Gasteiger partial charge in [-0.1, -0.05) is 25.3 Å². The summed E-state index contributed by atoms with van der Waals surface area (Å²) >= 11 is 0. The molecule has 12 nitrogen and oxygen atoms in total. The lowest BCUT2D eigenvalue weighted by Crippen LogP contribution is -2.62. The maximum Gasteiger partial charge on any atom is 0.264 e. The zero-order valence-corrected chi connectivity index (χ0v) is 33.5. The Hall–Kier alpha value is -4.46. The molecule has 2 amide bonds. The van der Waals surface area contributed by atoms with Gasteiger partial charge in [0, 0.05) is 28.1 Å². The molecule has 292 valence electrons. The number of nitrogens with one attached hydrogen (secondary N) is 1. The van der Waals surface area contributed by atoms with E-state index >= 15 is 0 Å². The van der Waals surface area contributed by atoms with Crippen LogP contribution in [0.2, 0.25) is 0 Å². The van der Waals surface area contributed by atoms with Crippen molar-refractivity contribution >= 4 is 44.4 Å². The lowest BCUT2D eigenvalue weighted by Gasteiger charge is -2.41. The van der Waals surface area contributed by atoms with Crippen LogP contribution in [0.5, 0.6) is 5.75 Å². The summed E-state index contributed by atoms with van der Waals surface area (Å²) in [7, 11) is -0.376. The summed E-state index contributed by atoms with van der Waals surface area (Å²) in [5.74, 6) is 0.274. The van der Waals surface area contributed by atoms with Gasteiger partial charge in [0.05, 0.1) is 61.2 Å². The second-order valence-corrected chi connectivity index (χ2v) is 19.0. The van der Waals surface area contributed by atoms with Gasteiger partial charge < -0.3 is 14.2 Å². The van der Waals surface area contributed by atoms with Crippen molar-refractivity contribution in [1.82, 2.24) is 24.0 Å². The van der Waals surface area contributed by atoms with Gasteiger partial charge in [-0.2, -0.15) is 9.75 Å². The number of likely N-dealkylation sites (N-methyl/N-ethyl adjacent to an activating group) is 1. The van der Waals surface area contributed by atoms with E-state index in [4.69, 9.17) is 9.84 Å². The molecule has 3 aliphatic heterocycles. The molecule has 1 aliphatic carbocycles. The molecule has 2 saturated heterocycles. The molecular formula is C42H53N6O6S+. The van der Waals surface area contributed by atoms with E-state index in [0.717, 1.165) is 77.5 Å². The molecule has 4 aromatic rings. The molecule has 1 saturated carbocycles. The second-order valence-electron chi connectivity index (χ2n) is 16.8. The van der Waals surface area contributed by atoms with E-state index in [9.17, 15) is 23.2 Å². The van der Waals surface area contributed by atoms with E-state index in [1.165, 1.54) is 12.0 Å². The fourth-order valence-electron chi connectivity index (χ4n) is 9.64. The number of carbonyl (C=O) groups excluding carboxylic acids is 2. The maximum atomic E-state index is 14.8. The highest BCUT2D eigenvalue weighted by Gasteiger charge is 2.50. The van der Waals surface area contributed by atoms with Gasteiger partial charge in [-0.15, -0.1) is 0 Å². The number of quaternary nitrogens is 1. The minimum absolute atomic E-state index is 0.0576. The number of aromatic nitrogens is 3. The van der Waals surface area contributed by atoms with Crippen molar-refractivity contribution in [2.75, 3.05) is 27.2 Å². The third kappa shape index (κ3) is 6.57. The number of hydrogen-bond donors (Lipinski definition) is 2. The Morgan fingerprint density at radius 3 is 2.33 bits per heavy atom. The third-order valence-corrected chi connectivity index (χ3v) is 14.0. The number of rotatable bonds is 8. The average Bonchev–Trinajstić information content (AvgIpc) is 3.78. The SMILES string of the molecule is COc1ccc2c(c1)C=C(c1c(C(=O)N3C4CC[C@@H]3C[N+](C)(O)C4)cnn1C(C)C)Cn1c-2c(C2CCCCC2)c2ccc(C(=O)NS(=O)(=O)C(C)C)cc21. The van der Waals surface area contributed by atoms with Crippen LogP contribution in [0.25, 0.3) is 33.8 Å². The monoisotopic (exact) mass is 769 g/mol. The molecular weight excluding hydrogens is 717 g/mol. The van der Waals surface area contributed by atoms with Crippen LogP contribution < -0.4 is 9.46 Å². The Balaban J connectivity index is 1.34. The zero-order chi connectivity index (χ0) is 39.0. The van der Waals surface area contributed by atoms with Crippen molar-refractivity contribution in [3.8, 4) is 17.0 Å². The van der Waals surface area contributed by atoms with Crippen molar-refractivity contribution in [3.05, 3.63) is 70.5 Å². The molecule has 0 radical (unpaired) electrons. The Morgan fingerprint density at radius 2 is 1.67 bits per heavy atom. The van der Waals surface area contributed by atoms with Crippen LogP contribution in [0.15, 0.2) is 42.6 Å². The van der Waals surface area contributed by atoms with Gasteiger partial charge in [0.2, 0.25) is 10.0 Å². The summed E-state index contributed by atoms with van der Waals surface area (Å²) < 4.78 is 37.7. The highest BCUT2D eigenvalue weighted by atomic mass is 32.2. The van der Waals surface area contributed by atoms with E-state index in [-0.39, 0.29) is 34.2 Å². The fourth-order valence-corrected chi connectivity index (χ4v) is 10.2. The van der Waals surface area contributed by atoms with Crippen molar-refractivity contribution < 1.29 is 32.6 Å². The Morgan fingerprint density at radius 1 is 0.964 bits per heavy atom. The zero-order valence-electron chi connectivity index (χ0n) is 32.7. The Kier molecular flexibility index (Phi) is 9.49. The van der Waals surface area contributed by atoms with Gasteiger partial charge in [0.25, 0.3) is 11.8 Å². The molecule has 8 rings (SSSR count). The first-order valence-corrected chi connectivity index (χ1v) is 21.3. The number of carbonyl (C=O) groups is 2. The molecule has 3 fully saturated rings. The summed E-state index contributed by atoms with van der Waals surface area (Å²) in [4.78, 5) is 30.3. The van der Waals surface area contributed by atoms with Gasteiger partial charge in [0.1, 0.15) is 18.8 Å². The molecule has 13 heteroatoms. The number of allylic oxidation sites excluding steroid dienone is 1. The number of nitrogens with zero attached hydrogens (tertiary/aromatic N) is 5. The second kappa shape index (κ2) is 13.9. The van der Waals surface area contributed by atoms with Gasteiger partial charge in [-0.3, -0.25) is 14.3 Å². The third-order valence-electron chi connectivity index (χ3n) is 12.3. The lowest BCUT2D eigenvalue weighted by molar-refractivity contribution is -1.09. The molecule has 5 heterocycles. The summed E-state index contributed by atoms with van der Waals surface area (Å²) in [5, 5.41) is 16.1. The molecule has 55 heavy (non-hydrogen) atoms. The van der Waals surface area contributed by atoms with Crippen molar-refractivity contribution in [2.24, 2.45) is 0 Å². The largest absolute Gasteiger partial charge is 0.497 e. The number of hydrogen-bond acceptors (Lipinski definition) is 7. The molecule has 2 N–H and O–H groups in total. The average molecular weight is 770 g/mol. The van der Waals surface area contributed by atoms with Crippen LogP contribution in [-0.4, -0.2) is 93.9 Å². The molecule has 2 aromatic carbocycles. The maximum absolute atomic E-state index is 14.8. The number of fused-ring (bicyclic) bond motifs is 7. The number of ether oxygens (including phenoxy) is 1. The van der Waals surface area contributed by atoms with E-state index < -0.39 is 21.2 Å². The summed E-state index contributed by atoms with van der Waals surface area (Å²) in [6.07, 6.45) is 11.1. The number of benzene rings is 2. The first-order chi connectivity index (χ1) is 26.2. The molecule has 4 aliphatic rings. The minimum atomic E-state index is -3.85. The van der Waals surface area contributed by atoms with Gasteiger partial charge >= 0.3 is 0 Å². The quantitative estimate of drug-likeness (QED) is 0.185. The van der Waals surface area contributed by atoms with Crippen molar-refractivity contribution in [1.29, 1.82) is 0 Å². The topological polar surface area (TPSA) is 136 Å². The van der Waals surface area contributed by atoms with Crippen LogP contribution in [0.4, 0.5) is 0 Å². The highest BCUT2D eigenvalue weighted by molar-refractivity contribution is 7.90. The Bertz CT molecular complexity index is 2310. The number of sulfonamides is 1. The van der Waals surface area contributed by atoms with Gasteiger partial charge in [-0.05, 0) is 112 Å². The normalized spacial score (nSPS) is 22.8.